The minimum atomic E-state index is 0.902. The normalized spacial score (nSPS) is 10.5. The van der Waals surface area contributed by atoms with Crippen molar-refractivity contribution in [1.82, 2.24) is 9.97 Å². The van der Waals surface area contributed by atoms with Crippen LogP contribution in [0.3, 0.4) is 0 Å². The van der Waals surface area contributed by atoms with E-state index in [2.05, 4.69) is 48.1 Å². The van der Waals surface area contributed by atoms with E-state index in [0.29, 0.717) is 0 Å². The summed E-state index contributed by atoms with van der Waals surface area (Å²) in [6.07, 6.45) is 3.70. The molecule has 0 aliphatic carbocycles. The molecule has 1 aromatic carbocycles. The van der Waals surface area contributed by atoms with Crippen LogP contribution in [-0.4, -0.2) is 9.97 Å². The molecule has 0 atom stereocenters. The Morgan fingerprint density at radius 2 is 1.45 bits per heavy atom. The Kier molecular flexibility index (Phi) is 3.30. The maximum absolute atomic E-state index is 4.52. The van der Waals surface area contributed by atoms with Gasteiger partial charge in [-0.15, -0.1) is 0 Å². The highest BCUT2D eigenvalue weighted by Crippen LogP contribution is 2.23. The highest BCUT2D eigenvalue weighted by Gasteiger charge is 2.03. The predicted molar refractivity (Wildman–Crippen MR) is 82.4 cm³/mol. The van der Waals surface area contributed by atoms with Crippen LogP contribution in [0.1, 0.15) is 11.1 Å². The number of benzene rings is 1. The standard InChI is InChI=1S/C18H16N2/c1-13-9-14(2)11-16(10-13)15-6-7-18(20-12-15)17-5-3-4-8-19-17/h3-12H,1-2H3. The van der Waals surface area contributed by atoms with Crippen molar-refractivity contribution >= 4 is 0 Å². The van der Waals surface area contributed by atoms with E-state index in [9.17, 15) is 0 Å². The molecule has 0 aliphatic heterocycles. The largest absolute Gasteiger partial charge is 0.255 e. The molecule has 0 fully saturated rings. The molecule has 98 valence electrons. The van der Waals surface area contributed by atoms with Gasteiger partial charge >= 0.3 is 0 Å². The zero-order chi connectivity index (χ0) is 13.9. The average molecular weight is 260 g/mol. The first-order chi connectivity index (χ1) is 9.72. The first-order valence-electron chi connectivity index (χ1n) is 6.68. The molecule has 2 heterocycles. The molecule has 3 aromatic rings. The van der Waals surface area contributed by atoms with Gasteiger partial charge < -0.3 is 0 Å². The molecule has 0 saturated carbocycles. The Hall–Kier alpha value is -2.48. The molecule has 2 aromatic heterocycles. The van der Waals surface area contributed by atoms with E-state index in [-0.39, 0.29) is 0 Å². The second-order valence-corrected chi connectivity index (χ2v) is 5.02. The Bertz CT molecular complexity index is 696. The molecular weight excluding hydrogens is 244 g/mol. The Labute approximate surface area is 119 Å². The van der Waals surface area contributed by atoms with Gasteiger partial charge in [-0.3, -0.25) is 9.97 Å². The highest BCUT2D eigenvalue weighted by atomic mass is 14.8. The summed E-state index contributed by atoms with van der Waals surface area (Å²) in [6.45, 7) is 4.23. The molecule has 0 N–H and O–H groups in total. The monoisotopic (exact) mass is 260 g/mol. The van der Waals surface area contributed by atoms with Gasteiger partial charge in [0, 0.05) is 18.0 Å². The zero-order valence-electron chi connectivity index (χ0n) is 11.7. The summed E-state index contributed by atoms with van der Waals surface area (Å²) in [5.74, 6) is 0. The molecule has 0 bridgehead atoms. The fraction of sp³-hybridized carbons (Fsp3) is 0.111. The zero-order valence-corrected chi connectivity index (χ0v) is 11.7. The number of aromatic nitrogens is 2. The molecule has 0 spiro atoms. The number of rotatable bonds is 2. The topological polar surface area (TPSA) is 25.8 Å². The van der Waals surface area contributed by atoms with E-state index in [0.717, 1.165) is 17.0 Å². The van der Waals surface area contributed by atoms with E-state index in [1.165, 1.54) is 16.7 Å². The molecule has 0 unspecified atom stereocenters. The molecule has 0 radical (unpaired) electrons. The van der Waals surface area contributed by atoms with E-state index in [4.69, 9.17) is 0 Å². The number of pyridine rings is 2. The van der Waals surface area contributed by atoms with Crippen LogP contribution >= 0.6 is 0 Å². The smallest absolute Gasteiger partial charge is 0.0886 e. The summed E-state index contributed by atoms with van der Waals surface area (Å²) < 4.78 is 0. The predicted octanol–water partition coefficient (Wildman–Crippen LogP) is 4.43. The summed E-state index contributed by atoms with van der Waals surface area (Å²) in [6, 6.07) is 16.5. The van der Waals surface area contributed by atoms with Gasteiger partial charge in [0.25, 0.3) is 0 Å². The van der Waals surface area contributed by atoms with Crippen molar-refractivity contribution in [3.05, 3.63) is 72.1 Å². The van der Waals surface area contributed by atoms with Crippen molar-refractivity contribution < 1.29 is 0 Å². The van der Waals surface area contributed by atoms with Crippen LogP contribution < -0.4 is 0 Å². The summed E-state index contributed by atoms with van der Waals surface area (Å²) in [5, 5.41) is 0. The summed E-state index contributed by atoms with van der Waals surface area (Å²) in [4.78, 5) is 8.84. The second kappa shape index (κ2) is 5.25. The van der Waals surface area contributed by atoms with Gasteiger partial charge in [-0.1, -0.05) is 41.5 Å². The van der Waals surface area contributed by atoms with Gasteiger partial charge in [0.05, 0.1) is 11.4 Å². The van der Waals surface area contributed by atoms with Crippen LogP contribution in [-0.2, 0) is 0 Å². The third-order valence-electron chi connectivity index (χ3n) is 3.25. The lowest BCUT2D eigenvalue weighted by molar-refractivity contribution is 1.25. The lowest BCUT2D eigenvalue weighted by Gasteiger charge is -2.06. The lowest BCUT2D eigenvalue weighted by Crippen LogP contribution is -1.88. The van der Waals surface area contributed by atoms with E-state index >= 15 is 0 Å². The fourth-order valence-corrected chi connectivity index (χ4v) is 2.37. The lowest BCUT2D eigenvalue weighted by atomic mass is 10.0. The number of hydrogen-bond donors (Lipinski definition) is 0. The van der Waals surface area contributed by atoms with Crippen LogP contribution in [0.4, 0.5) is 0 Å². The second-order valence-electron chi connectivity index (χ2n) is 5.02. The van der Waals surface area contributed by atoms with Crippen LogP contribution in [0, 0.1) is 13.8 Å². The molecule has 3 rings (SSSR count). The van der Waals surface area contributed by atoms with Gasteiger partial charge in [0.1, 0.15) is 0 Å². The van der Waals surface area contributed by atoms with Crippen LogP contribution in [0.25, 0.3) is 22.5 Å². The Morgan fingerprint density at radius 1 is 0.700 bits per heavy atom. The van der Waals surface area contributed by atoms with E-state index in [1.807, 2.05) is 30.5 Å². The SMILES string of the molecule is Cc1cc(C)cc(-c2ccc(-c3ccccn3)nc2)c1. The first-order valence-corrected chi connectivity index (χ1v) is 6.68. The van der Waals surface area contributed by atoms with E-state index < -0.39 is 0 Å². The van der Waals surface area contributed by atoms with Gasteiger partial charge in [-0.25, -0.2) is 0 Å². The molecule has 0 saturated heterocycles. The van der Waals surface area contributed by atoms with Crippen molar-refractivity contribution in [3.63, 3.8) is 0 Å². The summed E-state index contributed by atoms with van der Waals surface area (Å²) in [7, 11) is 0. The Balaban J connectivity index is 1.97. The Morgan fingerprint density at radius 3 is 2.05 bits per heavy atom. The van der Waals surface area contributed by atoms with Gasteiger partial charge in [-0.2, -0.15) is 0 Å². The number of nitrogens with zero attached hydrogens (tertiary/aromatic N) is 2. The quantitative estimate of drug-likeness (QED) is 0.681. The first kappa shape index (κ1) is 12.5. The van der Waals surface area contributed by atoms with Gasteiger partial charge in [0.2, 0.25) is 0 Å². The average Bonchev–Trinajstić information content (AvgIpc) is 2.47. The minimum absolute atomic E-state index is 0.902. The minimum Gasteiger partial charge on any atom is -0.255 e. The molecule has 0 amide bonds. The van der Waals surface area contributed by atoms with Crippen LogP contribution in [0.15, 0.2) is 60.9 Å². The van der Waals surface area contributed by atoms with Crippen molar-refractivity contribution in [3.8, 4) is 22.5 Å². The fourth-order valence-electron chi connectivity index (χ4n) is 2.37. The molecule has 2 heteroatoms. The summed E-state index contributed by atoms with van der Waals surface area (Å²) in [5.41, 5.74) is 6.69. The van der Waals surface area contributed by atoms with Gasteiger partial charge in [-0.05, 0) is 37.6 Å². The molecule has 0 aliphatic rings. The van der Waals surface area contributed by atoms with Crippen LogP contribution in [0.5, 0.6) is 0 Å². The van der Waals surface area contributed by atoms with E-state index in [1.54, 1.807) is 6.20 Å². The van der Waals surface area contributed by atoms with Crippen molar-refractivity contribution in [2.24, 2.45) is 0 Å². The molecule has 20 heavy (non-hydrogen) atoms. The maximum Gasteiger partial charge on any atom is 0.0886 e. The third-order valence-corrected chi connectivity index (χ3v) is 3.25. The van der Waals surface area contributed by atoms with Crippen molar-refractivity contribution in [2.45, 2.75) is 13.8 Å². The summed E-state index contributed by atoms with van der Waals surface area (Å²) >= 11 is 0. The van der Waals surface area contributed by atoms with Crippen LogP contribution in [0.2, 0.25) is 0 Å². The van der Waals surface area contributed by atoms with Crippen molar-refractivity contribution in [2.75, 3.05) is 0 Å². The number of hydrogen-bond acceptors (Lipinski definition) is 2. The van der Waals surface area contributed by atoms with Crippen molar-refractivity contribution in [1.29, 1.82) is 0 Å². The third kappa shape index (κ3) is 2.59. The maximum atomic E-state index is 4.52. The highest BCUT2D eigenvalue weighted by molar-refractivity contribution is 5.66. The molecular formula is C18H16N2. The van der Waals surface area contributed by atoms with Gasteiger partial charge in [0.15, 0.2) is 0 Å². The molecule has 2 nitrogen and oxygen atoms in total. The number of aryl methyl sites for hydroxylation is 2.